The molecule has 1 aliphatic rings. The SMILES string of the molecule is Cc1cc(C)cc(C2(C(=O)NNC(=O)COc3ccccc3-c3ccccc3)CC2)c1. The summed E-state index contributed by atoms with van der Waals surface area (Å²) < 4.78 is 5.74. The van der Waals surface area contributed by atoms with E-state index >= 15 is 0 Å². The lowest BCUT2D eigenvalue weighted by Crippen LogP contribution is -2.48. The maximum absolute atomic E-state index is 12.8. The van der Waals surface area contributed by atoms with Crippen LogP contribution in [0.4, 0.5) is 0 Å². The zero-order valence-corrected chi connectivity index (χ0v) is 17.8. The Bertz CT molecular complexity index is 1080. The van der Waals surface area contributed by atoms with Crippen molar-refractivity contribution < 1.29 is 14.3 Å². The largest absolute Gasteiger partial charge is 0.483 e. The van der Waals surface area contributed by atoms with Crippen molar-refractivity contribution in [1.29, 1.82) is 0 Å². The summed E-state index contributed by atoms with van der Waals surface area (Å²) in [5.41, 5.74) is 9.71. The van der Waals surface area contributed by atoms with Gasteiger partial charge in [-0.2, -0.15) is 0 Å². The molecule has 3 aromatic carbocycles. The molecule has 1 saturated carbocycles. The first kappa shape index (κ1) is 20.7. The van der Waals surface area contributed by atoms with Crippen molar-refractivity contribution in [2.75, 3.05) is 6.61 Å². The molecule has 0 bridgehead atoms. The summed E-state index contributed by atoms with van der Waals surface area (Å²) in [5.74, 6) is 0.0204. The fourth-order valence-electron chi connectivity index (χ4n) is 3.90. The fourth-order valence-corrected chi connectivity index (χ4v) is 3.90. The van der Waals surface area contributed by atoms with Gasteiger partial charge in [0.25, 0.3) is 5.91 Å². The van der Waals surface area contributed by atoms with Gasteiger partial charge in [0, 0.05) is 5.56 Å². The molecule has 0 saturated heterocycles. The van der Waals surface area contributed by atoms with Crippen LogP contribution >= 0.6 is 0 Å². The Morgan fingerprint density at radius 2 is 1.52 bits per heavy atom. The lowest BCUT2D eigenvalue weighted by molar-refractivity contribution is -0.131. The number of hydrogen-bond acceptors (Lipinski definition) is 3. The second-order valence-electron chi connectivity index (χ2n) is 8.11. The van der Waals surface area contributed by atoms with E-state index in [0.717, 1.165) is 40.7 Å². The summed E-state index contributed by atoms with van der Waals surface area (Å²) in [4.78, 5) is 25.1. The summed E-state index contributed by atoms with van der Waals surface area (Å²) in [5, 5.41) is 0. The zero-order chi connectivity index (χ0) is 21.8. The molecule has 5 nitrogen and oxygen atoms in total. The Hall–Kier alpha value is -3.60. The van der Waals surface area contributed by atoms with Crippen LogP contribution < -0.4 is 15.6 Å². The van der Waals surface area contributed by atoms with E-state index in [1.165, 1.54) is 0 Å². The van der Waals surface area contributed by atoms with Crippen molar-refractivity contribution in [1.82, 2.24) is 10.9 Å². The van der Waals surface area contributed by atoms with Crippen LogP contribution in [0.5, 0.6) is 5.75 Å². The van der Waals surface area contributed by atoms with Crippen LogP contribution in [0.15, 0.2) is 72.8 Å². The van der Waals surface area contributed by atoms with E-state index in [1.54, 1.807) is 0 Å². The van der Waals surface area contributed by atoms with E-state index in [0.29, 0.717) is 5.75 Å². The Morgan fingerprint density at radius 3 is 2.19 bits per heavy atom. The molecule has 158 valence electrons. The Balaban J connectivity index is 1.35. The highest BCUT2D eigenvalue weighted by molar-refractivity contribution is 5.93. The van der Waals surface area contributed by atoms with Crippen molar-refractivity contribution in [3.63, 3.8) is 0 Å². The summed E-state index contributed by atoms with van der Waals surface area (Å²) >= 11 is 0. The number of ether oxygens (including phenoxy) is 1. The molecule has 1 aliphatic carbocycles. The van der Waals surface area contributed by atoms with Crippen LogP contribution in [0, 0.1) is 13.8 Å². The molecule has 0 aliphatic heterocycles. The molecule has 1 fully saturated rings. The minimum absolute atomic E-state index is 0.185. The minimum Gasteiger partial charge on any atom is -0.483 e. The number of rotatable bonds is 6. The molecular formula is C26H26N2O3. The smallest absolute Gasteiger partial charge is 0.276 e. The van der Waals surface area contributed by atoms with E-state index in [2.05, 4.69) is 16.9 Å². The van der Waals surface area contributed by atoms with E-state index in [-0.39, 0.29) is 12.5 Å². The van der Waals surface area contributed by atoms with Gasteiger partial charge in [0.05, 0.1) is 5.41 Å². The molecule has 0 spiro atoms. The average Bonchev–Trinajstić information content (AvgIpc) is 3.58. The number of para-hydroxylation sites is 1. The molecule has 0 unspecified atom stereocenters. The molecule has 2 amide bonds. The number of amides is 2. The third kappa shape index (κ3) is 4.61. The van der Waals surface area contributed by atoms with Gasteiger partial charge in [-0.15, -0.1) is 0 Å². The number of carbonyl (C=O) groups is 2. The summed E-state index contributed by atoms with van der Waals surface area (Å²) in [7, 11) is 0. The second kappa shape index (κ2) is 8.64. The van der Waals surface area contributed by atoms with E-state index in [9.17, 15) is 9.59 Å². The average molecular weight is 415 g/mol. The van der Waals surface area contributed by atoms with Crippen molar-refractivity contribution in [3.05, 3.63) is 89.5 Å². The van der Waals surface area contributed by atoms with Gasteiger partial charge in [-0.3, -0.25) is 20.4 Å². The normalized spacial score (nSPS) is 13.9. The van der Waals surface area contributed by atoms with Gasteiger partial charge in [0.15, 0.2) is 6.61 Å². The Morgan fingerprint density at radius 1 is 0.871 bits per heavy atom. The zero-order valence-electron chi connectivity index (χ0n) is 17.8. The number of carbonyl (C=O) groups excluding carboxylic acids is 2. The highest BCUT2D eigenvalue weighted by Gasteiger charge is 2.51. The number of hydrazine groups is 1. The Kier molecular flexibility index (Phi) is 5.76. The molecule has 0 atom stereocenters. The topological polar surface area (TPSA) is 67.4 Å². The first-order chi connectivity index (χ1) is 15.0. The lowest BCUT2D eigenvalue weighted by atomic mass is 9.92. The fraction of sp³-hybridized carbons (Fsp3) is 0.231. The molecule has 31 heavy (non-hydrogen) atoms. The number of nitrogens with one attached hydrogen (secondary N) is 2. The van der Waals surface area contributed by atoms with Crippen LogP contribution in [0.1, 0.15) is 29.5 Å². The van der Waals surface area contributed by atoms with Gasteiger partial charge in [0.1, 0.15) is 5.75 Å². The number of aryl methyl sites for hydroxylation is 2. The van der Waals surface area contributed by atoms with Crippen LogP contribution in [0.2, 0.25) is 0 Å². The maximum atomic E-state index is 12.8. The highest BCUT2D eigenvalue weighted by Crippen LogP contribution is 2.48. The Labute approximate surface area is 182 Å². The monoisotopic (exact) mass is 414 g/mol. The third-order valence-electron chi connectivity index (χ3n) is 5.60. The molecule has 0 heterocycles. The highest BCUT2D eigenvalue weighted by atomic mass is 16.5. The molecular weight excluding hydrogens is 388 g/mol. The second-order valence-corrected chi connectivity index (χ2v) is 8.11. The van der Waals surface area contributed by atoms with Crippen LogP contribution in [0.25, 0.3) is 11.1 Å². The van der Waals surface area contributed by atoms with Gasteiger partial charge in [-0.25, -0.2) is 0 Å². The first-order valence-electron chi connectivity index (χ1n) is 10.4. The van der Waals surface area contributed by atoms with Crippen molar-refractivity contribution in [2.24, 2.45) is 0 Å². The van der Waals surface area contributed by atoms with Crippen molar-refractivity contribution in [2.45, 2.75) is 32.1 Å². The molecule has 0 radical (unpaired) electrons. The van der Waals surface area contributed by atoms with Crippen LogP contribution in [-0.2, 0) is 15.0 Å². The van der Waals surface area contributed by atoms with Crippen LogP contribution in [0.3, 0.4) is 0 Å². The van der Waals surface area contributed by atoms with Gasteiger partial charge in [0.2, 0.25) is 5.91 Å². The molecule has 3 aromatic rings. The molecule has 2 N–H and O–H groups in total. The van der Waals surface area contributed by atoms with Gasteiger partial charge in [-0.1, -0.05) is 77.9 Å². The minimum atomic E-state index is -0.551. The van der Waals surface area contributed by atoms with Gasteiger partial charge in [-0.05, 0) is 43.9 Å². The predicted octanol–water partition coefficient (Wildman–Crippen LogP) is 4.23. The molecule has 4 rings (SSSR count). The van der Waals surface area contributed by atoms with Crippen molar-refractivity contribution >= 4 is 11.8 Å². The predicted molar refractivity (Wildman–Crippen MR) is 120 cm³/mol. The number of benzene rings is 3. The summed E-state index contributed by atoms with van der Waals surface area (Å²) in [6, 6.07) is 23.6. The lowest BCUT2D eigenvalue weighted by Gasteiger charge is -2.18. The van der Waals surface area contributed by atoms with Crippen LogP contribution in [-0.4, -0.2) is 18.4 Å². The summed E-state index contributed by atoms with van der Waals surface area (Å²) in [6.07, 6.45) is 1.55. The maximum Gasteiger partial charge on any atom is 0.276 e. The number of hydrogen-bond donors (Lipinski definition) is 2. The van der Waals surface area contributed by atoms with Crippen molar-refractivity contribution in [3.8, 4) is 16.9 Å². The third-order valence-corrected chi connectivity index (χ3v) is 5.60. The summed E-state index contributed by atoms with van der Waals surface area (Å²) in [6.45, 7) is 3.86. The first-order valence-corrected chi connectivity index (χ1v) is 10.4. The quantitative estimate of drug-likeness (QED) is 0.593. The standard InChI is InChI=1S/C26H26N2O3/c1-18-14-19(2)16-21(15-18)26(12-13-26)25(30)28-27-24(29)17-31-23-11-7-6-10-22(23)20-8-4-3-5-9-20/h3-11,14-16H,12-13,17H2,1-2H3,(H,27,29)(H,28,30). The van der Waals surface area contributed by atoms with Gasteiger partial charge < -0.3 is 4.74 Å². The molecule has 0 aromatic heterocycles. The molecule has 5 heteroatoms. The van der Waals surface area contributed by atoms with Gasteiger partial charge >= 0.3 is 0 Å². The van der Waals surface area contributed by atoms with E-state index < -0.39 is 11.3 Å². The van der Waals surface area contributed by atoms with E-state index in [1.807, 2.05) is 80.6 Å². The van der Waals surface area contributed by atoms with E-state index in [4.69, 9.17) is 4.74 Å².